The van der Waals surface area contributed by atoms with Gasteiger partial charge in [0.15, 0.2) is 0 Å². The molecular formula is C15H13BrN2O2. The van der Waals surface area contributed by atoms with Crippen molar-refractivity contribution in [2.75, 3.05) is 6.61 Å². The fourth-order valence-electron chi connectivity index (χ4n) is 2.33. The summed E-state index contributed by atoms with van der Waals surface area (Å²) in [5.41, 5.74) is 2.39. The number of fused-ring (bicyclic) bond motifs is 1. The van der Waals surface area contributed by atoms with Crippen molar-refractivity contribution in [1.82, 2.24) is 5.32 Å². The Morgan fingerprint density at radius 1 is 1.30 bits per heavy atom. The standard InChI is InChI=1S/C15H13BrN2O2/c16-12-5-10-3-4-19-15(10)11(6-12)8-18-9-14-2-1-13(7-17)20-14/h1-2,5-6,18H,3-4,8-9H2. The van der Waals surface area contributed by atoms with Gasteiger partial charge < -0.3 is 14.5 Å². The lowest BCUT2D eigenvalue weighted by molar-refractivity contribution is 0.352. The molecule has 0 amide bonds. The van der Waals surface area contributed by atoms with Crippen molar-refractivity contribution in [3.05, 3.63) is 51.4 Å². The minimum atomic E-state index is 0.341. The van der Waals surface area contributed by atoms with E-state index in [0.717, 1.165) is 34.6 Å². The van der Waals surface area contributed by atoms with Gasteiger partial charge in [0, 0.05) is 23.0 Å². The molecule has 1 aliphatic heterocycles. The number of nitriles is 1. The summed E-state index contributed by atoms with van der Waals surface area (Å²) in [6.07, 6.45) is 0.964. The molecule has 0 aliphatic carbocycles. The highest BCUT2D eigenvalue weighted by Crippen LogP contribution is 2.32. The Balaban J connectivity index is 1.66. The lowest BCUT2D eigenvalue weighted by Crippen LogP contribution is -2.13. The summed E-state index contributed by atoms with van der Waals surface area (Å²) in [5, 5.41) is 12.0. The molecule has 5 heteroatoms. The molecule has 2 heterocycles. The predicted octanol–water partition coefficient (Wildman–Crippen LogP) is 3.14. The number of halogens is 1. The molecule has 0 saturated heterocycles. The molecule has 0 radical (unpaired) electrons. The van der Waals surface area contributed by atoms with Gasteiger partial charge in [0.2, 0.25) is 5.76 Å². The van der Waals surface area contributed by atoms with E-state index >= 15 is 0 Å². The van der Waals surface area contributed by atoms with E-state index in [4.69, 9.17) is 14.4 Å². The summed E-state index contributed by atoms with van der Waals surface area (Å²) in [6, 6.07) is 9.64. The van der Waals surface area contributed by atoms with Crippen LogP contribution in [0.3, 0.4) is 0 Å². The molecule has 102 valence electrons. The van der Waals surface area contributed by atoms with Crippen LogP contribution in [0.1, 0.15) is 22.6 Å². The van der Waals surface area contributed by atoms with Crippen LogP contribution >= 0.6 is 15.9 Å². The fourth-order valence-corrected chi connectivity index (χ4v) is 2.88. The highest BCUT2D eigenvalue weighted by Gasteiger charge is 2.17. The van der Waals surface area contributed by atoms with Crippen molar-refractivity contribution in [3.63, 3.8) is 0 Å². The van der Waals surface area contributed by atoms with Crippen molar-refractivity contribution < 1.29 is 9.15 Å². The molecule has 0 atom stereocenters. The van der Waals surface area contributed by atoms with Gasteiger partial charge in [-0.05, 0) is 29.8 Å². The molecule has 4 nitrogen and oxygen atoms in total. The van der Waals surface area contributed by atoms with E-state index in [2.05, 4.69) is 33.4 Å². The normalized spacial score (nSPS) is 12.8. The predicted molar refractivity (Wildman–Crippen MR) is 77.3 cm³/mol. The zero-order valence-electron chi connectivity index (χ0n) is 10.8. The second kappa shape index (κ2) is 5.70. The van der Waals surface area contributed by atoms with Crippen molar-refractivity contribution in [1.29, 1.82) is 5.26 Å². The van der Waals surface area contributed by atoms with Gasteiger partial charge in [-0.3, -0.25) is 0 Å². The number of hydrogen-bond acceptors (Lipinski definition) is 4. The monoisotopic (exact) mass is 332 g/mol. The first-order valence-electron chi connectivity index (χ1n) is 6.40. The van der Waals surface area contributed by atoms with E-state index in [9.17, 15) is 0 Å². The van der Waals surface area contributed by atoms with Crippen LogP contribution < -0.4 is 10.1 Å². The molecule has 0 saturated carbocycles. The maximum absolute atomic E-state index is 8.70. The Bertz CT molecular complexity index is 673. The van der Waals surface area contributed by atoms with Crippen LogP contribution in [0.15, 0.2) is 33.2 Å². The van der Waals surface area contributed by atoms with Gasteiger partial charge in [0.1, 0.15) is 17.6 Å². The number of nitrogens with one attached hydrogen (secondary N) is 1. The van der Waals surface area contributed by atoms with Crippen LogP contribution in [0, 0.1) is 11.3 Å². The Morgan fingerprint density at radius 2 is 2.20 bits per heavy atom. The molecule has 0 unspecified atom stereocenters. The van der Waals surface area contributed by atoms with Crippen molar-refractivity contribution >= 4 is 15.9 Å². The average Bonchev–Trinajstić information content (AvgIpc) is 3.06. The minimum Gasteiger partial charge on any atom is -0.493 e. The molecule has 1 aliphatic rings. The zero-order valence-corrected chi connectivity index (χ0v) is 12.4. The summed E-state index contributed by atoms with van der Waals surface area (Å²) < 4.78 is 12.1. The molecule has 1 N–H and O–H groups in total. The number of nitrogens with zero attached hydrogens (tertiary/aromatic N) is 1. The first-order chi connectivity index (χ1) is 9.76. The number of ether oxygens (including phenoxy) is 1. The molecule has 0 fully saturated rings. The van der Waals surface area contributed by atoms with E-state index in [-0.39, 0.29) is 0 Å². The summed E-state index contributed by atoms with van der Waals surface area (Å²) in [6.45, 7) is 2.04. The molecule has 0 bridgehead atoms. The van der Waals surface area contributed by atoms with Crippen LogP contribution in [0.4, 0.5) is 0 Å². The third kappa shape index (κ3) is 2.72. The number of hydrogen-bond donors (Lipinski definition) is 1. The maximum Gasteiger partial charge on any atom is 0.203 e. The minimum absolute atomic E-state index is 0.341. The first kappa shape index (κ1) is 13.2. The van der Waals surface area contributed by atoms with Crippen LogP contribution in [0.25, 0.3) is 0 Å². The van der Waals surface area contributed by atoms with Crippen molar-refractivity contribution in [2.24, 2.45) is 0 Å². The molecule has 1 aromatic carbocycles. The van der Waals surface area contributed by atoms with Gasteiger partial charge >= 0.3 is 0 Å². The van der Waals surface area contributed by atoms with E-state index in [1.54, 1.807) is 6.07 Å². The molecule has 0 spiro atoms. The van der Waals surface area contributed by atoms with E-state index in [1.807, 2.05) is 12.1 Å². The average molecular weight is 333 g/mol. The molecule has 20 heavy (non-hydrogen) atoms. The number of rotatable bonds is 4. The van der Waals surface area contributed by atoms with Gasteiger partial charge in [-0.1, -0.05) is 15.9 Å². The second-order valence-corrected chi connectivity index (χ2v) is 5.55. The highest BCUT2D eigenvalue weighted by molar-refractivity contribution is 9.10. The molecule has 3 rings (SSSR count). The summed E-state index contributed by atoms with van der Waals surface area (Å²) in [4.78, 5) is 0. The molecule has 2 aromatic rings. The Hall–Kier alpha value is -1.77. The van der Waals surface area contributed by atoms with Crippen molar-refractivity contribution in [2.45, 2.75) is 19.5 Å². The van der Waals surface area contributed by atoms with E-state index in [0.29, 0.717) is 18.8 Å². The Labute approximate surface area is 125 Å². The van der Waals surface area contributed by atoms with Crippen molar-refractivity contribution in [3.8, 4) is 11.8 Å². The van der Waals surface area contributed by atoms with Crippen LogP contribution in [-0.4, -0.2) is 6.61 Å². The second-order valence-electron chi connectivity index (χ2n) is 4.63. The number of furan rings is 1. The largest absolute Gasteiger partial charge is 0.493 e. The first-order valence-corrected chi connectivity index (χ1v) is 7.19. The van der Waals surface area contributed by atoms with E-state index in [1.165, 1.54) is 5.56 Å². The van der Waals surface area contributed by atoms with Crippen LogP contribution in [0.2, 0.25) is 0 Å². The smallest absolute Gasteiger partial charge is 0.203 e. The third-order valence-electron chi connectivity index (χ3n) is 3.21. The summed E-state index contributed by atoms with van der Waals surface area (Å²) >= 11 is 3.53. The lowest BCUT2D eigenvalue weighted by atomic mass is 10.1. The molecular weight excluding hydrogens is 320 g/mol. The topological polar surface area (TPSA) is 58.2 Å². The van der Waals surface area contributed by atoms with E-state index < -0.39 is 0 Å². The lowest BCUT2D eigenvalue weighted by Gasteiger charge is -2.09. The number of benzene rings is 1. The molecule has 1 aromatic heterocycles. The Morgan fingerprint density at radius 3 is 3.00 bits per heavy atom. The third-order valence-corrected chi connectivity index (χ3v) is 3.67. The van der Waals surface area contributed by atoms with Gasteiger partial charge in [-0.2, -0.15) is 5.26 Å². The summed E-state index contributed by atoms with van der Waals surface area (Å²) in [5.74, 6) is 2.10. The van der Waals surface area contributed by atoms with Gasteiger partial charge in [-0.25, -0.2) is 0 Å². The van der Waals surface area contributed by atoms with Gasteiger partial charge in [0.25, 0.3) is 0 Å². The van der Waals surface area contributed by atoms with Crippen LogP contribution in [-0.2, 0) is 19.5 Å². The maximum atomic E-state index is 8.70. The van der Waals surface area contributed by atoms with Crippen LogP contribution in [0.5, 0.6) is 5.75 Å². The fraction of sp³-hybridized carbons (Fsp3) is 0.267. The zero-order chi connectivity index (χ0) is 13.9. The highest BCUT2D eigenvalue weighted by atomic mass is 79.9. The Kier molecular flexibility index (Phi) is 3.77. The van der Waals surface area contributed by atoms with Gasteiger partial charge in [0.05, 0.1) is 13.2 Å². The summed E-state index contributed by atoms with van der Waals surface area (Å²) in [7, 11) is 0. The van der Waals surface area contributed by atoms with Gasteiger partial charge in [-0.15, -0.1) is 0 Å². The SMILES string of the molecule is N#Cc1ccc(CNCc2cc(Br)cc3c2OCC3)o1. The quantitative estimate of drug-likeness (QED) is 0.934.